The van der Waals surface area contributed by atoms with E-state index in [2.05, 4.69) is 22.8 Å². The molecule has 0 aliphatic heterocycles. The Labute approximate surface area is 185 Å². The lowest BCUT2D eigenvalue weighted by Crippen LogP contribution is -2.40. The van der Waals surface area contributed by atoms with Crippen molar-refractivity contribution in [2.45, 2.75) is 24.5 Å². The Bertz CT molecular complexity index is 933. The van der Waals surface area contributed by atoms with Gasteiger partial charge in [-0.05, 0) is 22.3 Å². The van der Waals surface area contributed by atoms with Crippen LogP contribution in [0.5, 0.6) is 0 Å². The first kappa shape index (κ1) is 23.2. The van der Waals surface area contributed by atoms with E-state index in [1.165, 1.54) is 7.11 Å². The first-order valence-corrected chi connectivity index (χ1v) is 10.2. The lowest BCUT2D eigenvalue weighted by atomic mass is 9.98. The van der Waals surface area contributed by atoms with Gasteiger partial charge in [0.05, 0.1) is 19.1 Å². The minimum absolute atomic E-state index is 0.0298. The number of rotatable bonds is 10. The van der Waals surface area contributed by atoms with Crippen LogP contribution in [0.1, 0.15) is 23.5 Å². The minimum atomic E-state index is -1.68. The molecule has 2 atom stereocenters. The number of aliphatic hydroxyl groups is 1. The van der Waals surface area contributed by atoms with Crippen LogP contribution in [0.4, 0.5) is 4.79 Å². The molecule has 32 heavy (non-hydrogen) atoms. The molecule has 0 saturated heterocycles. The molecule has 1 unspecified atom stereocenters. The summed E-state index contributed by atoms with van der Waals surface area (Å²) in [7, 11) is 1.39. The van der Waals surface area contributed by atoms with Crippen LogP contribution in [0, 0.1) is 0 Å². The van der Waals surface area contributed by atoms with Crippen LogP contribution in [-0.2, 0) is 19.1 Å². The number of hydrogen-bond donors (Lipinski definition) is 4. The average Bonchev–Trinajstić information content (AvgIpc) is 3.12. The second-order valence-electron chi connectivity index (χ2n) is 7.43. The third-order valence-corrected chi connectivity index (χ3v) is 5.34. The molecule has 4 N–H and O–H groups in total. The van der Waals surface area contributed by atoms with E-state index in [4.69, 9.17) is 14.6 Å². The van der Waals surface area contributed by atoms with Crippen molar-refractivity contribution < 1.29 is 34.1 Å². The Morgan fingerprint density at radius 1 is 0.969 bits per heavy atom. The predicted octanol–water partition coefficient (Wildman–Crippen LogP) is 1.49. The molecule has 3 rings (SSSR count). The van der Waals surface area contributed by atoms with E-state index >= 15 is 0 Å². The summed E-state index contributed by atoms with van der Waals surface area (Å²) in [5.41, 5.74) is 4.49. The van der Waals surface area contributed by atoms with Gasteiger partial charge in [0.2, 0.25) is 5.91 Å². The number of alkyl carbamates (subject to hydrolysis) is 1. The van der Waals surface area contributed by atoms with Gasteiger partial charge in [0.25, 0.3) is 0 Å². The Morgan fingerprint density at radius 3 is 2.12 bits per heavy atom. The van der Waals surface area contributed by atoms with Gasteiger partial charge in [0.15, 0.2) is 6.10 Å². The number of hydrogen-bond acceptors (Lipinski definition) is 6. The number of carboxylic acids is 1. The van der Waals surface area contributed by atoms with Crippen molar-refractivity contribution in [3.05, 3.63) is 59.7 Å². The number of carboxylic acid groups (broad SMARTS) is 1. The summed E-state index contributed by atoms with van der Waals surface area (Å²) in [4.78, 5) is 34.7. The molecule has 0 fully saturated rings. The lowest BCUT2D eigenvalue weighted by Gasteiger charge is -2.18. The second-order valence-corrected chi connectivity index (χ2v) is 7.43. The van der Waals surface area contributed by atoms with E-state index < -0.39 is 36.7 Å². The van der Waals surface area contributed by atoms with Crippen LogP contribution >= 0.6 is 0 Å². The number of amides is 2. The highest BCUT2D eigenvalue weighted by Crippen LogP contribution is 2.44. The van der Waals surface area contributed by atoms with Gasteiger partial charge in [-0.1, -0.05) is 48.5 Å². The molecule has 2 amide bonds. The Kier molecular flexibility index (Phi) is 7.80. The summed E-state index contributed by atoms with van der Waals surface area (Å²) in [6, 6.07) is 16.0. The van der Waals surface area contributed by atoms with E-state index in [-0.39, 0.29) is 25.5 Å². The summed E-state index contributed by atoms with van der Waals surface area (Å²) >= 11 is 0. The van der Waals surface area contributed by atoms with Gasteiger partial charge < -0.3 is 30.3 Å². The molecule has 9 heteroatoms. The van der Waals surface area contributed by atoms with Gasteiger partial charge >= 0.3 is 12.1 Å². The number of aliphatic carboxylic acids is 1. The van der Waals surface area contributed by atoms with Crippen molar-refractivity contribution in [2.24, 2.45) is 0 Å². The molecule has 9 nitrogen and oxygen atoms in total. The maximum atomic E-state index is 12.2. The zero-order valence-electron chi connectivity index (χ0n) is 17.6. The highest BCUT2D eigenvalue weighted by Gasteiger charge is 2.29. The number of nitrogens with one attached hydrogen (secondary N) is 2. The van der Waals surface area contributed by atoms with Crippen molar-refractivity contribution in [3.8, 4) is 11.1 Å². The normalized spacial score (nSPS) is 14.1. The Balaban J connectivity index is 1.48. The number of ether oxygens (including phenoxy) is 2. The molecule has 2 aromatic carbocycles. The molecule has 170 valence electrons. The van der Waals surface area contributed by atoms with Crippen LogP contribution in [-0.4, -0.2) is 67.2 Å². The average molecular weight is 442 g/mol. The van der Waals surface area contributed by atoms with E-state index in [1.54, 1.807) is 0 Å². The largest absolute Gasteiger partial charge is 0.479 e. The highest BCUT2D eigenvalue weighted by molar-refractivity contribution is 5.79. The highest BCUT2D eigenvalue weighted by atomic mass is 16.5. The first-order valence-electron chi connectivity index (χ1n) is 10.2. The number of fused-ring (bicyclic) bond motifs is 3. The molecule has 0 bridgehead atoms. The standard InChI is InChI=1S/C23H26N2O7/c1-31-14(10-21(27)24-12-20(26)22(28)29)11-25-23(30)32-13-19-17-8-4-2-6-15(17)16-7-3-5-9-18(16)19/h2-9,14,19-20,26H,10-13H2,1H3,(H,24,27)(H,25,30)(H,28,29)/t14?,20-/m0/s1. The Hall–Kier alpha value is -3.43. The minimum Gasteiger partial charge on any atom is -0.479 e. The lowest BCUT2D eigenvalue weighted by molar-refractivity contribution is -0.146. The van der Waals surface area contributed by atoms with Gasteiger partial charge in [0.1, 0.15) is 6.61 Å². The number of carbonyl (C=O) groups excluding carboxylic acids is 2. The van der Waals surface area contributed by atoms with E-state index in [1.807, 2.05) is 36.4 Å². The van der Waals surface area contributed by atoms with Gasteiger partial charge in [-0.2, -0.15) is 0 Å². The molecule has 1 aliphatic carbocycles. The summed E-state index contributed by atoms with van der Waals surface area (Å²) in [5.74, 6) is -1.99. The number of carbonyl (C=O) groups is 3. The van der Waals surface area contributed by atoms with Gasteiger partial charge in [0, 0.05) is 19.6 Å². The monoisotopic (exact) mass is 442 g/mol. The molecule has 1 aliphatic rings. The van der Waals surface area contributed by atoms with Crippen molar-refractivity contribution in [2.75, 3.05) is 26.8 Å². The fraction of sp³-hybridized carbons (Fsp3) is 0.348. The van der Waals surface area contributed by atoms with Crippen LogP contribution in [0.15, 0.2) is 48.5 Å². The topological polar surface area (TPSA) is 134 Å². The van der Waals surface area contributed by atoms with Gasteiger partial charge in [-0.25, -0.2) is 9.59 Å². The summed E-state index contributed by atoms with van der Waals surface area (Å²) < 4.78 is 10.6. The number of methoxy groups -OCH3 is 1. The zero-order valence-corrected chi connectivity index (χ0v) is 17.6. The van der Waals surface area contributed by atoms with Gasteiger partial charge in [-0.15, -0.1) is 0 Å². The first-order chi connectivity index (χ1) is 15.4. The van der Waals surface area contributed by atoms with Crippen molar-refractivity contribution >= 4 is 18.0 Å². The van der Waals surface area contributed by atoms with E-state index in [9.17, 15) is 19.5 Å². The molecule has 0 saturated carbocycles. The molecule has 0 spiro atoms. The van der Waals surface area contributed by atoms with Crippen LogP contribution in [0.25, 0.3) is 11.1 Å². The molecular formula is C23H26N2O7. The van der Waals surface area contributed by atoms with Crippen LogP contribution in [0.3, 0.4) is 0 Å². The summed E-state index contributed by atoms with van der Waals surface area (Å²) in [5, 5.41) is 22.7. The van der Waals surface area contributed by atoms with Gasteiger partial charge in [-0.3, -0.25) is 4.79 Å². The summed E-state index contributed by atoms with van der Waals surface area (Å²) in [6.45, 7) is -0.211. The molecular weight excluding hydrogens is 416 g/mol. The summed E-state index contributed by atoms with van der Waals surface area (Å²) in [6.07, 6.45) is -3.07. The molecule has 0 radical (unpaired) electrons. The zero-order chi connectivity index (χ0) is 23.1. The molecule has 0 aromatic heterocycles. The number of aliphatic hydroxyl groups excluding tert-OH is 1. The fourth-order valence-electron chi connectivity index (χ4n) is 3.66. The smallest absolute Gasteiger partial charge is 0.407 e. The van der Waals surface area contributed by atoms with Crippen LogP contribution < -0.4 is 10.6 Å². The SMILES string of the molecule is COC(CNC(=O)OCC1c2ccccc2-c2ccccc21)CC(=O)NC[C@H](O)C(=O)O. The second kappa shape index (κ2) is 10.7. The number of benzene rings is 2. The quantitative estimate of drug-likeness (QED) is 0.438. The fourth-order valence-corrected chi connectivity index (χ4v) is 3.66. The van der Waals surface area contributed by atoms with E-state index in [0.717, 1.165) is 22.3 Å². The third-order valence-electron chi connectivity index (χ3n) is 5.34. The Morgan fingerprint density at radius 2 is 1.56 bits per heavy atom. The predicted molar refractivity (Wildman–Crippen MR) is 115 cm³/mol. The maximum absolute atomic E-state index is 12.2. The maximum Gasteiger partial charge on any atom is 0.407 e. The third kappa shape index (κ3) is 5.63. The van der Waals surface area contributed by atoms with Crippen molar-refractivity contribution in [3.63, 3.8) is 0 Å². The van der Waals surface area contributed by atoms with E-state index in [0.29, 0.717) is 0 Å². The van der Waals surface area contributed by atoms with Crippen molar-refractivity contribution in [1.29, 1.82) is 0 Å². The van der Waals surface area contributed by atoms with Crippen LogP contribution in [0.2, 0.25) is 0 Å². The van der Waals surface area contributed by atoms with Crippen molar-refractivity contribution in [1.82, 2.24) is 10.6 Å². The molecule has 2 aromatic rings. The molecule has 0 heterocycles.